The molecule has 0 radical (unpaired) electrons. The number of hydrogen-bond acceptors (Lipinski definition) is 4. The van der Waals surface area contributed by atoms with Crippen molar-refractivity contribution in [2.75, 3.05) is 6.61 Å². The molecule has 0 spiro atoms. The zero-order chi connectivity index (χ0) is 17.2. The molecule has 0 aliphatic carbocycles. The van der Waals surface area contributed by atoms with E-state index in [1.807, 2.05) is 39.0 Å². The van der Waals surface area contributed by atoms with E-state index in [2.05, 4.69) is 6.58 Å². The Morgan fingerprint density at radius 1 is 1.35 bits per heavy atom. The van der Waals surface area contributed by atoms with Gasteiger partial charge in [0.05, 0.1) is 0 Å². The molecular formula is C18H21BO4. The minimum absolute atomic E-state index is 0.0844. The summed E-state index contributed by atoms with van der Waals surface area (Å²) in [6.45, 7) is 12.7. The van der Waals surface area contributed by atoms with Crippen molar-refractivity contribution in [1.29, 1.82) is 0 Å². The second-order valence-corrected chi connectivity index (χ2v) is 6.37. The predicted molar refractivity (Wildman–Crippen MR) is 90.8 cm³/mol. The monoisotopic (exact) mass is 312 g/mol. The number of aryl methyl sites for hydroxylation is 1. The molecule has 5 heteroatoms. The number of rotatable bonds is 6. The van der Waals surface area contributed by atoms with Gasteiger partial charge >= 0.3 is 137 Å². The number of esters is 1. The van der Waals surface area contributed by atoms with Crippen molar-refractivity contribution in [3.8, 4) is 5.75 Å². The molecule has 0 amide bonds. The second-order valence-electron chi connectivity index (χ2n) is 6.37. The number of hydrogen-bond donors (Lipinski definition) is 0. The van der Waals surface area contributed by atoms with Crippen LogP contribution in [-0.2, 0) is 20.7 Å². The van der Waals surface area contributed by atoms with Gasteiger partial charge in [0.1, 0.15) is 0 Å². The Balaban J connectivity index is 1.96. The van der Waals surface area contributed by atoms with Gasteiger partial charge in [0.15, 0.2) is 0 Å². The summed E-state index contributed by atoms with van der Waals surface area (Å²) in [5, 5.41) is 0. The van der Waals surface area contributed by atoms with Gasteiger partial charge in [-0.15, -0.1) is 0 Å². The molecule has 23 heavy (non-hydrogen) atoms. The average Bonchev–Trinajstić information content (AvgIpc) is 2.48. The maximum absolute atomic E-state index is 11.5. The van der Waals surface area contributed by atoms with Crippen LogP contribution in [-0.4, -0.2) is 30.8 Å². The van der Waals surface area contributed by atoms with Crippen molar-refractivity contribution >= 4 is 24.2 Å². The van der Waals surface area contributed by atoms with Crippen molar-refractivity contribution in [1.82, 2.24) is 0 Å². The van der Waals surface area contributed by atoms with Crippen LogP contribution in [0, 0.1) is 12.3 Å². The molecular weight excluding hydrogens is 291 g/mol. The first-order valence-corrected chi connectivity index (χ1v) is 7.58. The second kappa shape index (κ2) is 6.53. The topological polar surface area (TPSA) is 52.6 Å². The van der Waals surface area contributed by atoms with Gasteiger partial charge in [-0.1, -0.05) is 0 Å². The predicted octanol–water partition coefficient (Wildman–Crippen LogP) is 2.44. The molecule has 1 aliphatic heterocycles. The van der Waals surface area contributed by atoms with E-state index in [1.165, 1.54) is 6.92 Å². The third-order valence-corrected chi connectivity index (χ3v) is 3.93. The van der Waals surface area contributed by atoms with Crippen LogP contribution in [0.15, 0.2) is 30.4 Å². The molecule has 4 nitrogen and oxygen atoms in total. The molecule has 1 aliphatic rings. The van der Waals surface area contributed by atoms with E-state index < -0.39 is 5.41 Å². The third kappa shape index (κ3) is 3.78. The Morgan fingerprint density at radius 2 is 2.04 bits per heavy atom. The van der Waals surface area contributed by atoms with Gasteiger partial charge in [-0.05, 0) is 0 Å². The Morgan fingerprint density at radius 3 is 2.57 bits per heavy atom. The van der Waals surface area contributed by atoms with Gasteiger partial charge in [0, 0.05) is 0 Å². The van der Waals surface area contributed by atoms with Crippen LogP contribution in [0.3, 0.4) is 0 Å². The zero-order valence-corrected chi connectivity index (χ0v) is 14.1. The standard InChI is InChI=1S/C18H21BO4/c1-11(2)15(20)22-9-8-13-6-7-14(12(3)10-13)23-17-18(4,5)16(21)19-17/h6-7,10H,1,8-9H2,2-5H3. The zero-order valence-electron chi connectivity index (χ0n) is 14.1. The van der Waals surface area contributed by atoms with Crippen LogP contribution >= 0.6 is 0 Å². The van der Waals surface area contributed by atoms with E-state index in [4.69, 9.17) is 9.47 Å². The van der Waals surface area contributed by atoms with Gasteiger partial charge in [-0.25, -0.2) is 0 Å². The first-order chi connectivity index (χ1) is 10.7. The normalized spacial score (nSPS) is 15.1. The summed E-state index contributed by atoms with van der Waals surface area (Å²) >= 11 is 0. The van der Waals surface area contributed by atoms with E-state index >= 15 is 0 Å². The molecule has 1 heterocycles. The molecule has 0 aromatic heterocycles. The summed E-state index contributed by atoms with van der Waals surface area (Å²) in [5.41, 5.74) is 2.67. The van der Waals surface area contributed by atoms with E-state index in [-0.39, 0.29) is 11.7 Å². The number of carbonyl (C=O) groups excluding carboxylic acids is 2. The van der Waals surface area contributed by atoms with Crippen LogP contribution in [0.1, 0.15) is 31.9 Å². The Kier molecular flexibility index (Phi) is 4.88. The Labute approximate surface area is 137 Å². The molecule has 120 valence electrons. The Hall–Kier alpha value is -2.17. The van der Waals surface area contributed by atoms with Gasteiger partial charge in [0.25, 0.3) is 0 Å². The van der Waals surface area contributed by atoms with Crippen LogP contribution in [0.25, 0.3) is 0 Å². The molecule has 1 aromatic rings. The summed E-state index contributed by atoms with van der Waals surface area (Å²) in [4.78, 5) is 22.8. The van der Waals surface area contributed by atoms with Crippen LogP contribution in [0.4, 0.5) is 0 Å². The average molecular weight is 312 g/mol. The fourth-order valence-corrected chi connectivity index (χ4v) is 2.17. The Bertz CT molecular complexity index is 701. The SMILES string of the molecule is C=C(C)C(=O)OCCc1ccc(OC2=BC(=O)C2(C)C)c(C)c1. The molecule has 0 N–H and O–H groups in total. The molecule has 2 rings (SSSR count). The van der Waals surface area contributed by atoms with E-state index in [0.717, 1.165) is 16.9 Å². The summed E-state index contributed by atoms with van der Waals surface area (Å²) < 4.78 is 10.9. The van der Waals surface area contributed by atoms with Crippen molar-refractivity contribution in [2.24, 2.45) is 5.41 Å². The third-order valence-electron chi connectivity index (χ3n) is 3.93. The molecule has 0 fully saturated rings. The summed E-state index contributed by atoms with van der Waals surface area (Å²) in [6.07, 6.45) is 0.632. The molecule has 0 atom stereocenters. The summed E-state index contributed by atoms with van der Waals surface area (Å²) in [6, 6.07) is 5.81. The summed E-state index contributed by atoms with van der Waals surface area (Å²) in [7, 11) is 0. The molecule has 0 bridgehead atoms. The van der Waals surface area contributed by atoms with Crippen LogP contribution in [0.2, 0.25) is 0 Å². The fraction of sp³-hybridized carbons (Fsp3) is 0.389. The fourth-order valence-electron chi connectivity index (χ4n) is 2.17. The van der Waals surface area contributed by atoms with Crippen LogP contribution in [0.5, 0.6) is 5.75 Å². The van der Waals surface area contributed by atoms with E-state index in [1.54, 1.807) is 6.92 Å². The first kappa shape index (κ1) is 17.2. The first-order valence-electron chi connectivity index (χ1n) is 7.58. The van der Waals surface area contributed by atoms with Gasteiger partial charge < -0.3 is 0 Å². The number of benzene rings is 1. The van der Waals surface area contributed by atoms with E-state index in [0.29, 0.717) is 24.3 Å². The molecule has 0 unspecified atom stereocenters. The quantitative estimate of drug-likeness (QED) is 0.460. The van der Waals surface area contributed by atoms with Gasteiger partial charge in [-0.3, -0.25) is 0 Å². The van der Waals surface area contributed by atoms with Crippen molar-refractivity contribution in [3.05, 3.63) is 41.5 Å². The minimum atomic E-state index is -0.540. The number of ether oxygens (including phenoxy) is 2. The van der Waals surface area contributed by atoms with Crippen molar-refractivity contribution in [2.45, 2.75) is 34.1 Å². The van der Waals surface area contributed by atoms with Gasteiger partial charge in [0.2, 0.25) is 0 Å². The summed E-state index contributed by atoms with van der Waals surface area (Å²) in [5.74, 6) is 0.366. The number of carbonyl (C=O) groups is 2. The molecule has 0 saturated heterocycles. The van der Waals surface area contributed by atoms with Gasteiger partial charge in [-0.2, -0.15) is 0 Å². The molecule has 0 saturated carbocycles. The molecule has 1 aromatic carbocycles. The van der Waals surface area contributed by atoms with Crippen molar-refractivity contribution in [3.63, 3.8) is 0 Å². The van der Waals surface area contributed by atoms with Crippen molar-refractivity contribution < 1.29 is 19.1 Å². The van der Waals surface area contributed by atoms with E-state index in [9.17, 15) is 9.59 Å². The van der Waals surface area contributed by atoms with Crippen LogP contribution < -0.4 is 4.74 Å². The maximum atomic E-state index is 11.5.